The van der Waals surface area contributed by atoms with E-state index < -0.39 is 0 Å². The maximum Gasteiger partial charge on any atom is 0.237 e. The summed E-state index contributed by atoms with van der Waals surface area (Å²) in [6, 6.07) is 5.89. The van der Waals surface area contributed by atoms with E-state index in [-0.39, 0.29) is 5.91 Å². The fourth-order valence-electron chi connectivity index (χ4n) is 2.57. The number of anilines is 1. The zero-order valence-corrected chi connectivity index (χ0v) is 12.6. The Hall–Kier alpha value is -1.55. The molecule has 0 bridgehead atoms. The van der Waals surface area contributed by atoms with Crippen molar-refractivity contribution in [1.29, 1.82) is 0 Å². The van der Waals surface area contributed by atoms with Crippen LogP contribution in [0.25, 0.3) is 0 Å². The van der Waals surface area contributed by atoms with Crippen molar-refractivity contribution in [3.05, 3.63) is 35.2 Å². The number of carbonyl (C=O) groups is 1. The fourth-order valence-corrected chi connectivity index (χ4v) is 2.57. The van der Waals surface area contributed by atoms with Gasteiger partial charge in [0.15, 0.2) is 0 Å². The van der Waals surface area contributed by atoms with Crippen LogP contribution >= 0.6 is 0 Å². The third kappa shape index (κ3) is 3.73. The second-order valence-electron chi connectivity index (χ2n) is 5.92. The third-order valence-electron chi connectivity index (χ3n) is 3.67. The smallest absolute Gasteiger partial charge is 0.237 e. The third-order valence-corrected chi connectivity index (χ3v) is 3.67. The Morgan fingerprint density at radius 2 is 2.05 bits per heavy atom. The van der Waals surface area contributed by atoms with Crippen molar-refractivity contribution in [3.8, 4) is 0 Å². The van der Waals surface area contributed by atoms with Gasteiger partial charge in [0.2, 0.25) is 5.91 Å². The minimum Gasteiger partial charge on any atom is -0.399 e. The molecule has 0 unspecified atom stereocenters. The molecule has 20 heavy (non-hydrogen) atoms. The van der Waals surface area contributed by atoms with Crippen LogP contribution in [0.1, 0.15) is 25.0 Å². The van der Waals surface area contributed by atoms with Gasteiger partial charge in [0.25, 0.3) is 0 Å². The molecule has 4 heteroatoms. The predicted octanol–water partition coefficient (Wildman–Crippen LogP) is 1.84. The van der Waals surface area contributed by atoms with E-state index in [9.17, 15) is 4.79 Å². The number of hydrogen-bond donors (Lipinski definition) is 1. The molecule has 2 rings (SSSR count). The zero-order valence-electron chi connectivity index (χ0n) is 12.6. The minimum atomic E-state index is 0.208. The number of amides is 1. The second kappa shape index (κ2) is 6.27. The molecule has 1 aliphatic rings. The van der Waals surface area contributed by atoms with Gasteiger partial charge < -0.3 is 10.6 Å². The maximum atomic E-state index is 12.2. The summed E-state index contributed by atoms with van der Waals surface area (Å²) in [7, 11) is 0. The molecule has 1 aromatic rings. The van der Waals surface area contributed by atoms with Crippen molar-refractivity contribution in [2.45, 2.75) is 27.3 Å². The lowest BCUT2D eigenvalue weighted by Gasteiger charge is -2.35. The van der Waals surface area contributed by atoms with Crippen LogP contribution in [0.3, 0.4) is 0 Å². The van der Waals surface area contributed by atoms with E-state index in [4.69, 9.17) is 5.73 Å². The first-order valence-corrected chi connectivity index (χ1v) is 7.10. The molecule has 1 heterocycles. The second-order valence-corrected chi connectivity index (χ2v) is 5.92. The normalized spacial score (nSPS) is 17.0. The molecular weight excluding hydrogens is 250 g/mol. The van der Waals surface area contributed by atoms with Gasteiger partial charge in [-0.05, 0) is 36.1 Å². The largest absolute Gasteiger partial charge is 0.399 e. The quantitative estimate of drug-likeness (QED) is 0.852. The molecule has 0 aromatic heterocycles. The molecule has 1 radical (unpaired) electrons. The molecular formula is C16H24N3O. The fraction of sp³-hybridized carbons (Fsp3) is 0.500. The summed E-state index contributed by atoms with van der Waals surface area (Å²) in [4.78, 5) is 16.4. The van der Waals surface area contributed by atoms with E-state index >= 15 is 0 Å². The molecule has 109 valence electrons. The SMILES string of the molecule is C[C](C)CN1CCN(Cc2cc(N)ccc2C)C(=O)C1. The van der Waals surface area contributed by atoms with Gasteiger partial charge in [0, 0.05) is 31.9 Å². The number of hydrogen-bond acceptors (Lipinski definition) is 3. The number of aryl methyl sites for hydroxylation is 1. The van der Waals surface area contributed by atoms with Crippen LogP contribution in [0.2, 0.25) is 0 Å². The Morgan fingerprint density at radius 3 is 2.70 bits per heavy atom. The average Bonchev–Trinajstić information content (AvgIpc) is 2.36. The Balaban J connectivity index is 1.98. The lowest BCUT2D eigenvalue weighted by Crippen LogP contribution is -2.50. The molecule has 1 fully saturated rings. The number of nitrogens with zero attached hydrogens (tertiary/aromatic N) is 2. The summed E-state index contributed by atoms with van der Waals surface area (Å²) in [6.45, 7) is 10.1. The number of piperazine rings is 1. The molecule has 0 spiro atoms. The number of rotatable bonds is 4. The summed E-state index contributed by atoms with van der Waals surface area (Å²) < 4.78 is 0. The van der Waals surface area contributed by atoms with Crippen molar-refractivity contribution in [2.24, 2.45) is 0 Å². The standard InChI is InChI=1S/C16H24N3O/c1-12(2)9-18-6-7-19(16(20)11-18)10-14-8-15(17)5-4-13(14)3/h4-5,8H,6-7,9-11,17H2,1-3H3. The average molecular weight is 274 g/mol. The van der Waals surface area contributed by atoms with Crippen molar-refractivity contribution in [2.75, 3.05) is 31.9 Å². The highest BCUT2D eigenvalue weighted by Crippen LogP contribution is 2.17. The van der Waals surface area contributed by atoms with Gasteiger partial charge in [-0.3, -0.25) is 9.69 Å². The van der Waals surface area contributed by atoms with Gasteiger partial charge in [-0.25, -0.2) is 0 Å². The van der Waals surface area contributed by atoms with Crippen LogP contribution in [0.15, 0.2) is 18.2 Å². The van der Waals surface area contributed by atoms with Crippen LogP contribution in [-0.4, -0.2) is 41.9 Å². The summed E-state index contributed by atoms with van der Waals surface area (Å²) in [6.07, 6.45) is 0. The summed E-state index contributed by atoms with van der Waals surface area (Å²) in [5.41, 5.74) is 8.92. The molecule has 0 saturated carbocycles. The van der Waals surface area contributed by atoms with Crippen LogP contribution in [0.4, 0.5) is 5.69 Å². The first kappa shape index (κ1) is 14.9. The van der Waals surface area contributed by atoms with Crippen molar-refractivity contribution < 1.29 is 4.79 Å². The number of carbonyl (C=O) groups excluding carboxylic acids is 1. The lowest BCUT2D eigenvalue weighted by atomic mass is 10.1. The molecule has 1 aromatic carbocycles. The van der Waals surface area contributed by atoms with Gasteiger partial charge in [-0.15, -0.1) is 0 Å². The first-order chi connectivity index (χ1) is 9.45. The molecule has 0 atom stereocenters. The number of nitrogen functional groups attached to an aromatic ring is 1. The highest BCUT2D eigenvalue weighted by Gasteiger charge is 2.24. The van der Waals surface area contributed by atoms with Crippen LogP contribution in [0, 0.1) is 12.8 Å². The van der Waals surface area contributed by atoms with Gasteiger partial charge in [-0.1, -0.05) is 19.9 Å². The monoisotopic (exact) mass is 274 g/mol. The van der Waals surface area contributed by atoms with Crippen LogP contribution in [0.5, 0.6) is 0 Å². The predicted molar refractivity (Wildman–Crippen MR) is 82.0 cm³/mol. The van der Waals surface area contributed by atoms with E-state index in [1.807, 2.05) is 23.1 Å². The Morgan fingerprint density at radius 1 is 1.30 bits per heavy atom. The zero-order chi connectivity index (χ0) is 14.7. The summed E-state index contributed by atoms with van der Waals surface area (Å²) in [5.74, 6) is 1.55. The van der Waals surface area contributed by atoms with E-state index in [0.29, 0.717) is 13.1 Å². The lowest BCUT2D eigenvalue weighted by molar-refractivity contribution is -0.136. The van der Waals surface area contributed by atoms with Gasteiger partial charge >= 0.3 is 0 Å². The van der Waals surface area contributed by atoms with E-state index in [1.165, 1.54) is 11.5 Å². The minimum absolute atomic E-state index is 0.208. The Labute approximate surface area is 121 Å². The number of benzene rings is 1. The Kier molecular flexibility index (Phi) is 4.65. The summed E-state index contributed by atoms with van der Waals surface area (Å²) in [5, 5.41) is 0. The molecule has 1 saturated heterocycles. The van der Waals surface area contributed by atoms with E-state index in [0.717, 1.165) is 30.9 Å². The number of nitrogens with two attached hydrogens (primary N) is 1. The molecule has 1 aliphatic heterocycles. The van der Waals surface area contributed by atoms with Crippen molar-refractivity contribution in [1.82, 2.24) is 9.80 Å². The Bertz CT molecular complexity index is 485. The highest BCUT2D eigenvalue weighted by atomic mass is 16.2. The van der Waals surface area contributed by atoms with Crippen LogP contribution in [-0.2, 0) is 11.3 Å². The molecule has 0 aliphatic carbocycles. The highest BCUT2D eigenvalue weighted by molar-refractivity contribution is 5.79. The maximum absolute atomic E-state index is 12.2. The molecule has 1 amide bonds. The van der Waals surface area contributed by atoms with Crippen molar-refractivity contribution >= 4 is 11.6 Å². The van der Waals surface area contributed by atoms with Gasteiger partial charge in [0.05, 0.1) is 6.54 Å². The van der Waals surface area contributed by atoms with Crippen molar-refractivity contribution in [3.63, 3.8) is 0 Å². The van der Waals surface area contributed by atoms with E-state index in [2.05, 4.69) is 25.7 Å². The molecule has 4 nitrogen and oxygen atoms in total. The van der Waals surface area contributed by atoms with E-state index in [1.54, 1.807) is 0 Å². The molecule has 2 N–H and O–H groups in total. The first-order valence-electron chi connectivity index (χ1n) is 7.10. The van der Waals surface area contributed by atoms with Gasteiger partial charge in [0.1, 0.15) is 0 Å². The van der Waals surface area contributed by atoms with Crippen LogP contribution < -0.4 is 5.73 Å². The summed E-state index contributed by atoms with van der Waals surface area (Å²) >= 11 is 0. The van der Waals surface area contributed by atoms with Gasteiger partial charge in [-0.2, -0.15) is 0 Å². The topological polar surface area (TPSA) is 49.6 Å².